The van der Waals surface area contributed by atoms with Crippen LogP contribution in [0, 0.1) is 5.92 Å². The van der Waals surface area contributed by atoms with Crippen molar-refractivity contribution in [1.29, 1.82) is 0 Å². The highest BCUT2D eigenvalue weighted by molar-refractivity contribution is 5.95. The number of carbonyl (C=O) groups is 1. The van der Waals surface area contributed by atoms with Crippen molar-refractivity contribution in [2.45, 2.75) is 13.0 Å². The van der Waals surface area contributed by atoms with E-state index in [9.17, 15) is 4.79 Å². The quantitative estimate of drug-likeness (QED) is 0.655. The average molecular weight is 305 g/mol. The third-order valence-electron chi connectivity index (χ3n) is 3.93. The highest BCUT2D eigenvalue weighted by Crippen LogP contribution is 2.29. The molecule has 116 valence electrons. The maximum absolute atomic E-state index is 12.7. The van der Waals surface area contributed by atoms with Crippen LogP contribution in [0.3, 0.4) is 0 Å². The lowest BCUT2D eigenvalue weighted by molar-refractivity contribution is 0.0888. The first-order chi connectivity index (χ1) is 11.3. The Morgan fingerprint density at radius 3 is 2.17 bits per heavy atom. The topological polar surface area (TPSA) is 42.2 Å². The molecule has 0 aliphatic heterocycles. The van der Waals surface area contributed by atoms with E-state index in [0.29, 0.717) is 5.76 Å². The van der Waals surface area contributed by atoms with E-state index < -0.39 is 0 Å². The molecule has 1 aromatic heterocycles. The molecular formula is C20H19NO2. The molecule has 0 saturated heterocycles. The number of hydrogen-bond donors (Lipinski definition) is 1. The molecule has 0 saturated carbocycles. The Kier molecular flexibility index (Phi) is 4.57. The molecule has 3 heteroatoms. The van der Waals surface area contributed by atoms with Crippen LogP contribution in [-0.4, -0.2) is 5.78 Å². The van der Waals surface area contributed by atoms with Gasteiger partial charge in [-0.2, -0.15) is 0 Å². The van der Waals surface area contributed by atoms with Gasteiger partial charge in [-0.3, -0.25) is 4.79 Å². The van der Waals surface area contributed by atoms with Crippen molar-refractivity contribution >= 4 is 11.5 Å². The molecule has 23 heavy (non-hydrogen) atoms. The highest BCUT2D eigenvalue weighted by Gasteiger charge is 2.27. The summed E-state index contributed by atoms with van der Waals surface area (Å²) in [6.45, 7) is 1.93. The normalized spacial score (nSPS) is 13.3. The van der Waals surface area contributed by atoms with Gasteiger partial charge in [0.05, 0.1) is 12.3 Å². The Morgan fingerprint density at radius 2 is 1.57 bits per heavy atom. The number of rotatable bonds is 6. The lowest BCUT2D eigenvalue weighted by Gasteiger charge is -2.25. The van der Waals surface area contributed by atoms with Gasteiger partial charge in [-0.15, -0.1) is 0 Å². The number of ketones is 1. The van der Waals surface area contributed by atoms with Crippen LogP contribution in [0.25, 0.3) is 0 Å². The molecular weight excluding hydrogens is 286 g/mol. The Morgan fingerprint density at radius 1 is 0.913 bits per heavy atom. The largest absolute Gasteiger partial charge is 0.461 e. The molecule has 0 spiro atoms. The van der Waals surface area contributed by atoms with E-state index in [0.717, 1.165) is 11.3 Å². The number of nitrogens with one attached hydrogen (secondary N) is 1. The van der Waals surface area contributed by atoms with E-state index in [1.165, 1.54) is 6.26 Å². The third kappa shape index (κ3) is 3.51. The molecule has 3 nitrogen and oxygen atoms in total. The summed E-state index contributed by atoms with van der Waals surface area (Å²) in [6.07, 6.45) is 1.53. The van der Waals surface area contributed by atoms with Gasteiger partial charge < -0.3 is 9.73 Å². The minimum atomic E-state index is -0.260. The molecule has 0 fully saturated rings. The summed E-state index contributed by atoms with van der Waals surface area (Å²) < 4.78 is 5.28. The van der Waals surface area contributed by atoms with Crippen LogP contribution in [-0.2, 0) is 0 Å². The number of hydrogen-bond acceptors (Lipinski definition) is 3. The summed E-state index contributed by atoms with van der Waals surface area (Å²) in [6, 6.07) is 23.3. The van der Waals surface area contributed by atoms with Gasteiger partial charge in [-0.05, 0) is 29.8 Å². The molecule has 3 aromatic rings. The summed E-state index contributed by atoms with van der Waals surface area (Å²) in [4.78, 5) is 12.7. The van der Waals surface area contributed by atoms with Crippen molar-refractivity contribution in [1.82, 2.24) is 0 Å². The van der Waals surface area contributed by atoms with Crippen molar-refractivity contribution in [3.8, 4) is 0 Å². The zero-order valence-corrected chi connectivity index (χ0v) is 13.0. The fraction of sp³-hybridized carbons (Fsp3) is 0.150. The van der Waals surface area contributed by atoms with Gasteiger partial charge in [0.2, 0.25) is 5.78 Å². The zero-order valence-electron chi connectivity index (χ0n) is 13.0. The van der Waals surface area contributed by atoms with Crippen LogP contribution in [0.15, 0.2) is 83.5 Å². The predicted octanol–water partition coefficient (Wildman–Crippen LogP) is 4.95. The van der Waals surface area contributed by atoms with E-state index in [2.05, 4.69) is 5.32 Å². The van der Waals surface area contributed by atoms with Crippen LogP contribution in [0.5, 0.6) is 0 Å². The Labute approximate surface area is 136 Å². The van der Waals surface area contributed by atoms with Gasteiger partial charge >= 0.3 is 0 Å². The van der Waals surface area contributed by atoms with Crippen LogP contribution in [0.1, 0.15) is 29.1 Å². The van der Waals surface area contributed by atoms with Gasteiger partial charge in [0, 0.05) is 11.6 Å². The molecule has 3 rings (SSSR count). The molecule has 1 heterocycles. The number of anilines is 1. The summed E-state index contributed by atoms with van der Waals surface area (Å²) in [5.74, 6) is 0.129. The summed E-state index contributed by atoms with van der Waals surface area (Å²) in [5, 5.41) is 3.48. The zero-order chi connectivity index (χ0) is 16.1. The first kappa shape index (κ1) is 15.1. The van der Waals surface area contributed by atoms with Gasteiger partial charge in [0.1, 0.15) is 0 Å². The number of carbonyl (C=O) groups excluding carboxylic acids is 1. The van der Waals surface area contributed by atoms with E-state index in [-0.39, 0.29) is 17.7 Å². The van der Waals surface area contributed by atoms with Gasteiger partial charge in [0.15, 0.2) is 5.76 Å². The molecule has 2 atom stereocenters. The fourth-order valence-electron chi connectivity index (χ4n) is 2.67. The molecule has 1 N–H and O–H groups in total. The van der Waals surface area contributed by atoms with Crippen LogP contribution in [0.2, 0.25) is 0 Å². The summed E-state index contributed by atoms with van der Waals surface area (Å²) >= 11 is 0. The summed E-state index contributed by atoms with van der Waals surface area (Å²) in [5.41, 5.74) is 2.06. The Hall–Kier alpha value is -2.81. The number of para-hydroxylation sites is 1. The second kappa shape index (κ2) is 6.97. The first-order valence-electron chi connectivity index (χ1n) is 7.70. The van der Waals surface area contributed by atoms with Crippen molar-refractivity contribution in [2.24, 2.45) is 5.92 Å². The highest BCUT2D eigenvalue weighted by atomic mass is 16.3. The smallest absolute Gasteiger partial charge is 0.203 e. The second-order valence-corrected chi connectivity index (χ2v) is 5.53. The first-order valence-corrected chi connectivity index (χ1v) is 7.70. The lowest BCUT2D eigenvalue weighted by Crippen LogP contribution is -2.25. The summed E-state index contributed by atoms with van der Waals surface area (Å²) in [7, 11) is 0. The van der Waals surface area contributed by atoms with E-state index in [1.807, 2.05) is 67.6 Å². The Balaban J connectivity index is 1.90. The number of furan rings is 1. The van der Waals surface area contributed by atoms with Crippen molar-refractivity contribution in [3.05, 3.63) is 90.4 Å². The SMILES string of the molecule is CC(C(=O)c1ccco1)C(Nc1ccccc1)c1ccccc1. The van der Waals surface area contributed by atoms with Crippen molar-refractivity contribution < 1.29 is 9.21 Å². The van der Waals surface area contributed by atoms with E-state index >= 15 is 0 Å². The van der Waals surface area contributed by atoms with Gasteiger partial charge in [-0.1, -0.05) is 55.5 Å². The van der Waals surface area contributed by atoms with Gasteiger partial charge in [0.25, 0.3) is 0 Å². The maximum Gasteiger partial charge on any atom is 0.203 e. The van der Waals surface area contributed by atoms with Crippen molar-refractivity contribution in [3.63, 3.8) is 0 Å². The minimum Gasteiger partial charge on any atom is -0.461 e. The number of benzene rings is 2. The molecule has 2 aromatic carbocycles. The number of Topliss-reactive ketones (excluding diaryl/α,β-unsaturated/α-hetero) is 1. The molecule has 0 aliphatic carbocycles. The standard InChI is InChI=1S/C20H19NO2/c1-15(20(22)18-13-8-14-23-18)19(16-9-4-2-5-10-16)21-17-11-6-3-7-12-17/h2-15,19,21H,1H3. The lowest BCUT2D eigenvalue weighted by atomic mass is 9.90. The maximum atomic E-state index is 12.7. The van der Waals surface area contributed by atoms with Crippen molar-refractivity contribution in [2.75, 3.05) is 5.32 Å². The minimum absolute atomic E-state index is 0.00714. The Bertz CT molecular complexity index is 736. The van der Waals surface area contributed by atoms with E-state index in [1.54, 1.807) is 12.1 Å². The molecule has 0 aliphatic rings. The van der Waals surface area contributed by atoms with E-state index in [4.69, 9.17) is 4.42 Å². The van der Waals surface area contributed by atoms with Gasteiger partial charge in [-0.25, -0.2) is 0 Å². The average Bonchev–Trinajstić information content (AvgIpc) is 3.15. The third-order valence-corrected chi connectivity index (χ3v) is 3.93. The second-order valence-electron chi connectivity index (χ2n) is 5.53. The van der Waals surface area contributed by atoms with Crippen LogP contribution < -0.4 is 5.32 Å². The molecule has 2 unspecified atom stereocenters. The van der Waals surface area contributed by atoms with Crippen LogP contribution >= 0.6 is 0 Å². The molecule has 0 radical (unpaired) electrons. The monoisotopic (exact) mass is 305 g/mol. The molecule has 0 amide bonds. The molecule has 0 bridgehead atoms. The fourth-order valence-corrected chi connectivity index (χ4v) is 2.67. The predicted molar refractivity (Wildman–Crippen MR) is 91.5 cm³/mol. The van der Waals surface area contributed by atoms with Crippen LogP contribution in [0.4, 0.5) is 5.69 Å².